The second-order valence-electron chi connectivity index (χ2n) is 4.62. The van der Waals surface area contributed by atoms with Crippen LogP contribution in [0.4, 0.5) is 0 Å². The fourth-order valence-electron chi connectivity index (χ4n) is 1.64. The number of nitrogens with one attached hydrogen (secondary N) is 1. The summed E-state index contributed by atoms with van der Waals surface area (Å²) in [6, 6.07) is 5.72. The lowest BCUT2D eigenvalue weighted by Gasteiger charge is -2.23. The zero-order chi connectivity index (χ0) is 14.4. The van der Waals surface area contributed by atoms with Crippen molar-refractivity contribution in [2.45, 2.75) is 26.3 Å². The van der Waals surface area contributed by atoms with Gasteiger partial charge in [-0.25, -0.2) is 0 Å². The van der Waals surface area contributed by atoms with Crippen LogP contribution < -0.4 is 5.32 Å². The third kappa shape index (κ3) is 5.13. The van der Waals surface area contributed by atoms with E-state index < -0.39 is 0 Å². The molecule has 1 aromatic carbocycles. The Labute approximate surface area is 128 Å². The molecule has 0 fully saturated rings. The lowest BCUT2D eigenvalue weighted by Crippen LogP contribution is -2.37. The van der Waals surface area contributed by atoms with Crippen LogP contribution in [0.3, 0.4) is 0 Å². The molecular formula is C14H20BrClN2O. The van der Waals surface area contributed by atoms with E-state index in [0.29, 0.717) is 23.2 Å². The van der Waals surface area contributed by atoms with Crippen molar-refractivity contribution in [2.75, 3.05) is 20.1 Å². The van der Waals surface area contributed by atoms with Crippen LogP contribution >= 0.6 is 27.5 Å². The molecule has 1 aromatic rings. The molecular weight excluding hydrogens is 328 g/mol. The first-order valence-corrected chi connectivity index (χ1v) is 7.56. The van der Waals surface area contributed by atoms with E-state index in [-0.39, 0.29) is 5.91 Å². The van der Waals surface area contributed by atoms with Gasteiger partial charge in [-0.2, -0.15) is 0 Å². The number of amides is 1. The van der Waals surface area contributed by atoms with Gasteiger partial charge in [0.05, 0.1) is 5.56 Å². The van der Waals surface area contributed by atoms with Crippen LogP contribution in [-0.4, -0.2) is 37.0 Å². The molecule has 0 spiro atoms. The van der Waals surface area contributed by atoms with Gasteiger partial charge in [-0.1, -0.05) is 18.5 Å². The van der Waals surface area contributed by atoms with E-state index in [2.05, 4.69) is 47.0 Å². The molecule has 0 aliphatic heterocycles. The van der Waals surface area contributed by atoms with Crippen molar-refractivity contribution >= 4 is 33.4 Å². The summed E-state index contributed by atoms with van der Waals surface area (Å²) < 4.78 is 0.754. The Morgan fingerprint density at radius 2 is 2.21 bits per heavy atom. The van der Waals surface area contributed by atoms with E-state index in [0.717, 1.165) is 17.4 Å². The van der Waals surface area contributed by atoms with Gasteiger partial charge in [0.15, 0.2) is 0 Å². The number of halogens is 2. The van der Waals surface area contributed by atoms with E-state index in [1.165, 1.54) is 0 Å². The number of carbonyl (C=O) groups is 1. The Morgan fingerprint density at radius 3 is 2.84 bits per heavy atom. The van der Waals surface area contributed by atoms with Gasteiger partial charge in [0.25, 0.3) is 5.91 Å². The number of likely N-dealkylation sites (N-methyl/N-ethyl adjacent to an activating group) is 1. The standard InChI is InChI=1S/C14H20BrClN2O/c1-4-10(2)18(3)8-7-17-14(19)12-9-11(16)5-6-13(12)15/h5-6,9-10H,4,7-8H2,1-3H3,(H,17,19). The maximum absolute atomic E-state index is 12.0. The van der Waals surface area contributed by atoms with E-state index in [1.54, 1.807) is 18.2 Å². The monoisotopic (exact) mass is 346 g/mol. The van der Waals surface area contributed by atoms with Crippen LogP contribution in [0.15, 0.2) is 22.7 Å². The first-order valence-electron chi connectivity index (χ1n) is 6.39. The van der Waals surface area contributed by atoms with Gasteiger partial charge in [-0.15, -0.1) is 0 Å². The number of benzene rings is 1. The lowest BCUT2D eigenvalue weighted by molar-refractivity contribution is 0.0946. The molecule has 0 heterocycles. The van der Waals surface area contributed by atoms with E-state index in [1.807, 2.05) is 0 Å². The summed E-state index contributed by atoms with van der Waals surface area (Å²) in [6.45, 7) is 5.79. The van der Waals surface area contributed by atoms with Crippen LogP contribution in [0.5, 0.6) is 0 Å². The topological polar surface area (TPSA) is 32.3 Å². The molecule has 5 heteroatoms. The highest BCUT2D eigenvalue weighted by atomic mass is 79.9. The van der Waals surface area contributed by atoms with Crippen molar-refractivity contribution in [3.63, 3.8) is 0 Å². The molecule has 19 heavy (non-hydrogen) atoms. The zero-order valence-corrected chi connectivity index (χ0v) is 13.9. The minimum absolute atomic E-state index is 0.105. The second kappa shape index (κ2) is 7.88. The zero-order valence-electron chi connectivity index (χ0n) is 11.5. The molecule has 0 saturated carbocycles. The molecule has 1 rings (SSSR count). The molecule has 0 bridgehead atoms. The molecule has 0 radical (unpaired) electrons. The van der Waals surface area contributed by atoms with Crippen LogP contribution in [0.2, 0.25) is 5.02 Å². The maximum Gasteiger partial charge on any atom is 0.252 e. The Hall–Kier alpha value is -0.580. The smallest absolute Gasteiger partial charge is 0.252 e. The van der Waals surface area contributed by atoms with E-state index in [4.69, 9.17) is 11.6 Å². The third-order valence-corrected chi connectivity index (χ3v) is 4.19. The maximum atomic E-state index is 12.0. The summed E-state index contributed by atoms with van der Waals surface area (Å²) in [4.78, 5) is 14.2. The average molecular weight is 348 g/mol. The Kier molecular flexibility index (Phi) is 6.83. The lowest BCUT2D eigenvalue weighted by atomic mass is 10.2. The average Bonchev–Trinajstić information content (AvgIpc) is 2.40. The van der Waals surface area contributed by atoms with Crippen molar-refractivity contribution in [3.05, 3.63) is 33.3 Å². The minimum Gasteiger partial charge on any atom is -0.351 e. The molecule has 106 valence electrons. The van der Waals surface area contributed by atoms with Gasteiger partial charge in [0.2, 0.25) is 0 Å². The fraction of sp³-hybridized carbons (Fsp3) is 0.500. The van der Waals surface area contributed by atoms with Crippen molar-refractivity contribution < 1.29 is 4.79 Å². The third-order valence-electron chi connectivity index (χ3n) is 3.27. The second-order valence-corrected chi connectivity index (χ2v) is 5.91. The summed E-state index contributed by atoms with van der Waals surface area (Å²) in [5, 5.41) is 3.47. The van der Waals surface area contributed by atoms with Gasteiger partial charge < -0.3 is 10.2 Å². The number of rotatable bonds is 6. The van der Waals surface area contributed by atoms with Gasteiger partial charge in [-0.05, 0) is 54.5 Å². The summed E-state index contributed by atoms with van der Waals surface area (Å²) in [7, 11) is 2.07. The van der Waals surface area contributed by atoms with Crippen molar-refractivity contribution in [1.29, 1.82) is 0 Å². The van der Waals surface area contributed by atoms with Crippen molar-refractivity contribution in [2.24, 2.45) is 0 Å². The number of nitrogens with zero attached hydrogens (tertiary/aromatic N) is 1. The van der Waals surface area contributed by atoms with Gasteiger partial charge in [0, 0.05) is 28.6 Å². The highest BCUT2D eigenvalue weighted by Crippen LogP contribution is 2.20. The van der Waals surface area contributed by atoms with Gasteiger partial charge in [0.1, 0.15) is 0 Å². The SMILES string of the molecule is CCC(C)N(C)CCNC(=O)c1cc(Cl)ccc1Br. The summed E-state index contributed by atoms with van der Waals surface area (Å²) in [6.07, 6.45) is 1.10. The first-order chi connectivity index (χ1) is 8.95. The molecule has 1 amide bonds. The molecule has 3 nitrogen and oxygen atoms in total. The quantitative estimate of drug-likeness (QED) is 0.853. The van der Waals surface area contributed by atoms with E-state index in [9.17, 15) is 4.79 Å². The minimum atomic E-state index is -0.105. The van der Waals surface area contributed by atoms with E-state index >= 15 is 0 Å². The molecule has 0 aromatic heterocycles. The molecule has 1 unspecified atom stereocenters. The number of hydrogen-bond donors (Lipinski definition) is 1. The normalized spacial score (nSPS) is 12.5. The molecule has 0 aliphatic rings. The fourth-order valence-corrected chi connectivity index (χ4v) is 2.24. The number of carbonyl (C=O) groups excluding carboxylic acids is 1. The Morgan fingerprint density at radius 1 is 1.53 bits per heavy atom. The molecule has 1 atom stereocenters. The van der Waals surface area contributed by atoms with Crippen LogP contribution in [0.25, 0.3) is 0 Å². The molecule has 0 aliphatic carbocycles. The van der Waals surface area contributed by atoms with Gasteiger partial charge >= 0.3 is 0 Å². The van der Waals surface area contributed by atoms with Crippen LogP contribution in [0, 0.1) is 0 Å². The summed E-state index contributed by atoms with van der Waals surface area (Å²) in [5.41, 5.74) is 0.568. The van der Waals surface area contributed by atoms with Gasteiger partial charge in [-0.3, -0.25) is 4.79 Å². The van der Waals surface area contributed by atoms with Crippen molar-refractivity contribution in [3.8, 4) is 0 Å². The molecule has 0 saturated heterocycles. The molecule has 1 N–H and O–H groups in total. The predicted molar refractivity (Wildman–Crippen MR) is 83.9 cm³/mol. The predicted octanol–water partition coefficient (Wildman–Crippen LogP) is 3.56. The van der Waals surface area contributed by atoms with Crippen LogP contribution in [0.1, 0.15) is 30.6 Å². The Balaban J connectivity index is 2.50. The van der Waals surface area contributed by atoms with Crippen LogP contribution in [-0.2, 0) is 0 Å². The largest absolute Gasteiger partial charge is 0.351 e. The highest BCUT2D eigenvalue weighted by molar-refractivity contribution is 9.10. The highest BCUT2D eigenvalue weighted by Gasteiger charge is 2.11. The number of hydrogen-bond acceptors (Lipinski definition) is 2. The Bertz CT molecular complexity index is 439. The first kappa shape index (κ1) is 16.5. The summed E-state index contributed by atoms with van der Waals surface area (Å²) in [5.74, 6) is -0.105. The summed E-state index contributed by atoms with van der Waals surface area (Å²) >= 11 is 9.25. The van der Waals surface area contributed by atoms with Crippen molar-refractivity contribution in [1.82, 2.24) is 10.2 Å².